The van der Waals surface area contributed by atoms with E-state index in [4.69, 9.17) is 14.0 Å². The smallest absolute Gasteiger partial charge is 0.323 e. The molecule has 0 unspecified atom stereocenters. The highest BCUT2D eigenvalue weighted by molar-refractivity contribution is 6.00. The number of likely N-dealkylation sites (N-methyl/N-ethyl adjacent to an activating group) is 1. The zero-order chi connectivity index (χ0) is 32.0. The van der Waals surface area contributed by atoms with Gasteiger partial charge in [0.05, 0.1) is 32.7 Å². The molecule has 0 saturated heterocycles. The molecule has 0 bridgehead atoms. The van der Waals surface area contributed by atoms with Gasteiger partial charge >= 0.3 is 12.1 Å². The second-order valence-electron chi connectivity index (χ2n) is 11.0. The maximum Gasteiger partial charge on any atom is 0.323 e. The Hall–Kier alpha value is -4.78. The molecule has 0 aliphatic carbocycles. The second-order valence-corrected chi connectivity index (χ2v) is 11.0. The summed E-state index contributed by atoms with van der Waals surface area (Å²) in [6, 6.07) is 10.8. The van der Waals surface area contributed by atoms with Crippen LogP contribution in [0.2, 0.25) is 0 Å². The summed E-state index contributed by atoms with van der Waals surface area (Å²) in [6.07, 6.45) is -0.512. The number of hydrogen-bond donors (Lipinski definition) is 4. The molecule has 13 heteroatoms. The fourth-order valence-electron chi connectivity index (χ4n) is 4.91. The summed E-state index contributed by atoms with van der Waals surface area (Å²) in [5.41, 5.74) is 2.69. The molecule has 13 nitrogen and oxygen atoms in total. The van der Waals surface area contributed by atoms with E-state index in [1.54, 1.807) is 82.3 Å². The van der Waals surface area contributed by atoms with Gasteiger partial charge in [-0.2, -0.15) is 0 Å². The van der Waals surface area contributed by atoms with Crippen LogP contribution < -0.4 is 25.4 Å². The predicted octanol–water partition coefficient (Wildman–Crippen LogP) is 4.26. The van der Waals surface area contributed by atoms with Crippen LogP contribution in [-0.2, 0) is 11.2 Å². The highest BCUT2D eigenvalue weighted by Crippen LogP contribution is 2.30. The average molecular weight is 609 g/mol. The van der Waals surface area contributed by atoms with Gasteiger partial charge in [-0.05, 0) is 63.2 Å². The van der Waals surface area contributed by atoms with Crippen molar-refractivity contribution in [3.63, 3.8) is 0 Å². The molecular formula is C31H40N6O7. The minimum Gasteiger partial charge on any atom is -0.497 e. The number of anilines is 3. The molecule has 3 aromatic rings. The van der Waals surface area contributed by atoms with Crippen LogP contribution >= 0.6 is 0 Å². The van der Waals surface area contributed by atoms with Crippen LogP contribution in [0, 0.1) is 19.8 Å². The minimum absolute atomic E-state index is 0.00288. The van der Waals surface area contributed by atoms with Gasteiger partial charge in [0.25, 0.3) is 0 Å². The van der Waals surface area contributed by atoms with E-state index in [2.05, 4.69) is 21.1 Å². The minimum atomic E-state index is -0.509. The van der Waals surface area contributed by atoms with E-state index in [0.717, 1.165) is 0 Å². The first-order valence-corrected chi connectivity index (χ1v) is 14.4. The van der Waals surface area contributed by atoms with Crippen LogP contribution in [0.25, 0.3) is 0 Å². The lowest BCUT2D eigenvalue weighted by molar-refractivity contribution is -0.134. The second kappa shape index (κ2) is 14.1. The van der Waals surface area contributed by atoms with E-state index in [1.807, 2.05) is 6.92 Å². The Balaban J connectivity index is 1.55. The summed E-state index contributed by atoms with van der Waals surface area (Å²) >= 11 is 0. The molecule has 0 radical (unpaired) electrons. The largest absolute Gasteiger partial charge is 0.497 e. The van der Waals surface area contributed by atoms with Crippen LogP contribution in [0.5, 0.6) is 11.5 Å². The van der Waals surface area contributed by atoms with Crippen molar-refractivity contribution in [3.8, 4) is 11.5 Å². The molecule has 0 fully saturated rings. The number of nitrogens with zero attached hydrogens (tertiary/aromatic N) is 3. The van der Waals surface area contributed by atoms with Crippen molar-refractivity contribution in [1.82, 2.24) is 15.0 Å². The van der Waals surface area contributed by atoms with Crippen molar-refractivity contribution in [2.24, 2.45) is 5.92 Å². The first-order chi connectivity index (χ1) is 21.0. The molecule has 44 heavy (non-hydrogen) atoms. The number of hydrogen-bond acceptors (Lipinski definition) is 8. The van der Waals surface area contributed by atoms with Gasteiger partial charge in [-0.3, -0.25) is 4.79 Å². The summed E-state index contributed by atoms with van der Waals surface area (Å²) in [4.78, 5) is 42.4. The van der Waals surface area contributed by atoms with Crippen LogP contribution in [0.4, 0.5) is 26.7 Å². The van der Waals surface area contributed by atoms with Crippen molar-refractivity contribution in [3.05, 3.63) is 59.5 Å². The molecular weight excluding hydrogens is 568 g/mol. The maximum atomic E-state index is 13.5. The molecule has 4 rings (SSSR count). The fraction of sp³-hybridized carbons (Fsp3) is 0.419. The molecule has 1 aromatic heterocycles. The Morgan fingerprint density at radius 3 is 2.45 bits per heavy atom. The number of aliphatic hydroxyl groups is 1. The van der Waals surface area contributed by atoms with Crippen molar-refractivity contribution in [2.45, 2.75) is 46.3 Å². The van der Waals surface area contributed by atoms with Crippen LogP contribution in [0.15, 0.2) is 47.0 Å². The topological polar surface area (TPSA) is 158 Å². The highest BCUT2D eigenvalue weighted by atomic mass is 16.5. The lowest BCUT2D eigenvalue weighted by atomic mass is 10.0. The lowest BCUT2D eigenvalue weighted by Gasteiger charge is -2.34. The van der Waals surface area contributed by atoms with E-state index < -0.39 is 18.2 Å². The highest BCUT2D eigenvalue weighted by Gasteiger charge is 2.32. The number of aromatic nitrogens is 1. The third-order valence-electron chi connectivity index (χ3n) is 7.59. The number of amides is 5. The van der Waals surface area contributed by atoms with Crippen molar-refractivity contribution in [1.29, 1.82) is 0 Å². The third-order valence-corrected chi connectivity index (χ3v) is 7.59. The van der Waals surface area contributed by atoms with Gasteiger partial charge in [-0.25, -0.2) is 9.59 Å². The number of urea groups is 2. The standard InChI is InChI=1S/C31H40N6O7/c1-18-15-37(19(2)17-38)28(39)14-22-13-24(33-30(40)32-23-7-10-25(42-6)11-8-23)9-12-26(22)43-27(18)16-36(5)31(41)34-29-20(3)35-44-21(29)4/h7-13,18-19,27,38H,14-17H2,1-6H3,(H,34,41)(H2,32,33,40)/t18-,19+,27+/m0/s1. The van der Waals surface area contributed by atoms with E-state index in [1.165, 1.54) is 4.90 Å². The first-order valence-electron chi connectivity index (χ1n) is 14.4. The third kappa shape index (κ3) is 7.78. The monoisotopic (exact) mass is 608 g/mol. The van der Waals surface area contributed by atoms with Crippen LogP contribution in [0.3, 0.4) is 0 Å². The zero-order valence-electron chi connectivity index (χ0n) is 25.8. The number of carbonyl (C=O) groups excluding carboxylic acids is 3. The van der Waals surface area contributed by atoms with Gasteiger partial charge in [0.1, 0.15) is 29.0 Å². The SMILES string of the molecule is COc1ccc(NC(=O)Nc2ccc3c(c2)CC(=O)N([C@H](C)CO)C[C@H](C)[C@@H](CN(C)C(=O)Nc2c(C)noc2C)O3)cc1. The fourth-order valence-corrected chi connectivity index (χ4v) is 4.91. The molecule has 0 saturated carbocycles. The van der Waals surface area contributed by atoms with Crippen molar-refractivity contribution < 1.29 is 33.5 Å². The molecule has 5 amide bonds. The van der Waals surface area contributed by atoms with E-state index >= 15 is 0 Å². The number of fused-ring (bicyclic) bond motifs is 1. The molecule has 2 aromatic carbocycles. The summed E-state index contributed by atoms with van der Waals surface area (Å²) in [7, 11) is 3.22. The first kappa shape index (κ1) is 32.1. The van der Waals surface area contributed by atoms with Gasteiger partial charge in [0.2, 0.25) is 5.91 Å². The van der Waals surface area contributed by atoms with E-state index in [-0.39, 0.29) is 37.4 Å². The lowest BCUT2D eigenvalue weighted by Crippen LogP contribution is -2.48. The summed E-state index contributed by atoms with van der Waals surface area (Å²) in [5, 5.41) is 22.2. The predicted molar refractivity (Wildman–Crippen MR) is 165 cm³/mol. The van der Waals surface area contributed by atoms with Gasteiger partial charge in [0.15, 0.2) is 5.76 Å². The Morgan fingerprint density at radius 2 is 1.82 bits per heavy atom. The number of methoxy groups -OCH3 is 1. The maximum absolute atomic E-state index is 13.5. The zero-order valence-corrected chi connectivity index (χ0v) is 25.8. The Bertz CT molecular complexity index is 1460. The summed E-state index contributed by atoms with van der Waals surface area (Å²) in [5.74, 6) is 1.24. The molecule has 3 atom stereocenters. The average Bonchev–Trinajstić information content (AvgIpc) is 3.33. The summed E-state index contributed by atoms with van der Waals surface area (Å²) in [6.45, 7) is 7.50. The summed E-state index contributed by atoms with van der Waals surface area (Å²) < 4.78 is 16.8. The number of rotatable bonds is 8. The quantitative estimate of drug-likeness (QED) is 0.295. The van der Waals surface area contributed by atoms with E-state index in [0.29, 0.717) is 52.1 Å². The molecule has 236 valence electrons. The van der Waals surface area contributed by atoms with Gasteiger partial charge in [-0.1, -0.05) is 12.1 Å². The van der Waals surface area contributed by atoms with Gasteiger partial charge in [-0.15, -0.1) is 0 Å². The Labute approximate surface area is 256 Å². The van der Waals surface area contributed by atoms with Gasteiger partial charge in [0, 0.05) is 36.4 Å². The Morgan fingerprint density at radius 1 is 1.14 bits per heavy atom. The number of aryl methyl sites for hydroxylation is 2. The molecule has 2 heterocycles. The van der Waals surface area contributed by atoms with Crippen molar-refractivity contribution in [2.75, 3.05) is 49.8 Å². The number of aliphatic hydroxyl groups excluding tert-OH is 1. The molecule has 1 aliphatic heterocycles. The van der Waals surface area contributed by atoms with Crippen LogP contribution in [-0.4, -0.2) is 84.0 Å². The van der Waals surface area contributed by atoms with Crippen LogP contribution in [0.1, 0.15) is 30.9 Å². The molecule has 1 aliphatic rings. The molecule has 0 spiro atoms. The van der Waals surface area contributed by atoms with Crippen molar-refractivity contribution >= 4 is 35.0 Å². The van der Waals surface area contributed by atoms with Gasteiger partial charge < -0.3 is 44.9 Å². The normalized spacial score (nSPS) is 17.2. The number of carbonyl (C=O) groups is 3. The Kier molecular flexibility index (Phi) is 10.3. The van der Waals surface area contributed by atoms with E-state index in [9.17, 15) is 19.5 Å². The number of ether oxygens (including phenoxy) is 2. The number of benzene rings is 2. The molecule has 4 N–H and O–H groups in total. The number of nitrogens with one attached hydrogen (secondary N) is 3.